The second-order valence-electron chi connectivity index (χ2n) is 9.39. The normalized spacial score (nSPS) is 11.6. The molecule has 0 atom stereocenters. The van der Waals surface area contributed by atoms with Crippen LogP contribution in [0.2, 0.25) is 5.02 Å². The van der Waals surface area contributed by atoms with Gasteiger partial charge >= 0.3 is 0 Å². The molecule has 12 heteroatoms. The smallest absolute Gasteiger partial charge is 0.243 e. The van der Waals surface area contributed by atoms with Crippen molar-refractivity contribution < 1.29 is 22.7 Å². The van der Waals surface area contributed by atoms with Gasteiger partial charge in [0.1, 0.15) is 11.5 Å². The number of nitrogens with zero attached hydrogens (tertiary/aromatic N) is 4. The first-order chi connectivity index (χ1) is 19.6. The van der Waals surface area contributed by atoms with Crippen LogP contribution >= 0.6 is 11.6 Å². The Bertz CT molecular complexity index is 1570. The van der Waals surface area contributed by atoms with Gasteiger partial charge in [-0.25, -0.2) is 13.4 Å². The van der Waals surface area contributed by atoms with Crippen molar-refractivity contribution in [3.8, 4) is 28.4 Å². The molecule has 1 amide bonds. The van der Waals surface area contributed by atoms with E-state index in [4.69, 9.17) is 21.1 Å². The van der Waals surface area contributed by atoms with Crippen LogP contribution in [0, 0.1) is 0 Å². The van der Waals surface area contributed by atoms with Gasteiger partial charge in [0.15, 0.2) is 0 Å². The van der Waals surface area contributed by atoms with E-state index in [-0.39, 0.29) is 17.4 Å². The summed E-state index contributed by atoms with van der Waals surface area (Å²) in [4.78, 5) is 20.0. The summed E-state index contributed by atoms with van der Waals surface area (Å²) in [6.45, 7) is 0.121. The molecule has 3 aromatic carbocycles. The average molecular weight is 598 g/mol. The Morgan fingerprint density at radius 3 is 2.05 bits per heavy atom. The molecule has 216 valence electrons. The third kappa shape index (κ3) is 7.44. The van der Waals surface area contributed by atoms with Gasteiger partial charge < -0.3 is 14.4 Å². The fourth-order valence-electron chi connectivity index (χ4n) is 3.98. The zero-order chi connectivity index (χ0) is 29.6. The van der Waals surface area contributed by atoms with Crippen LogP contribution in [0.4, 0.5) is 5.95 Å². The van der Waals surface area contributed by atoms with Gasteiger partial charge in [0.25, 0.3) is 0 Å². The van der Waals surface area contributed by atoms with Crippen LogP contribution in [0.5, 0.6) is 11.5 Å². The molecule has 1 aromatic heterocycles. The number of nitrogens with one attached hydrogen (secondary N) is 1. The molecule has 0 aliphatic rings. The van der Waals surface area contributed by atoms with Gasteiger partial charge in [0.2, 0.25) is 21.9 Å². The Kier molecular flexibility index (Phi) is 9.66. The summed E-state index contributed by atoms with van der Waals surface area (Å²) in [5.74, 6) is 0.907. The number of benzene rings is 3. The minimum absolute atomic E-state index is 0.0645. The van der Waals surface area contributed by atoms with Gasteiger partial charge in [-0.15, -0.1) is 0 Å². The fraction of sp³-hybridized carbons (Fsp3) is 0.241. The van der Waals surface area contributed by atoms with E-state index in [9.17, 15) is 13.2 Å². The van der Waals surface area contributed by atoms with E-state index in [0.29, 0.717) is 28.8 Å². The number of aromatic nitrogens is 2. The van der Waals surface area contributed by atoms with Gasteiger partial charge in [-0.2, -0.15) is 4.31 Å². The van der Waals surface area contributed by atoms with Crippen LogP contribution in [0.3, 0.4) is 0 Å². The molecule has 0 aliphatic carbocycles. The topological polar surface area (TPSA) is 106 Å². The minimum atomic E-state index is -3.98. The van der Waals surface area contributed by atoms with Crippen molar-refractivity contribution in [3.63, 3.8) is 0 Å². The largest absolute Gasteiger partial charge is 0.497 e. The SMILES string of the molecule is COc1ccc(-n2cc(-c3ccc(Cl)cc3)nc2NC(=O)CN(CCN(C)C)S(=O)(=O)c2ccc(OC)cc2)cc1. The van der Waals surface area contributed by atoms with Crippen LogP contribution < -0.4 is 14.8 Å². The Morgan fingerprint density at radius 1 is 0.902 bits per heavy atom. The Labute approximate surface area is 245 Å². The molecule has 0 spiro atoms. The molecule has 1 heterocycles. The maximum absolute atomic E-state index is 13.5. The molecule has 41 heavy (non-hydrogen) atoms. The number of hydrogen-bond acceptors (Lipinski definition) is 7. The van der Waals surface area contributed by atoms with E-state index in [1.165, 1.54) is 19.2 Å². The standard InChI is InChI=1S/C29H32ClN5O5S/c1-33(2)17-18-34(41(37,38)26-15-13-25(40-4)14-16-26)20-28(36)32-29-31-27(21-5-7-22(30)8-6-21)19-35(29)23-9-11-24(39-3)12-10-23/h5-16,19H,17-18,20H2,1-4H3,(H,31,32,36). The van der Waals surface area contributed by atoms with Crippen LogP contribution in [0.25, 0.3) is 16.9 Å². The van der Waals surface area contributed by atoms with Crippen LogP contribution in [-0.2, 0) is 14.8 Å². The quantitative estimate of drug-likeness (QED) is 0.258. The first-order valence-electron chi connectivity index (χ1n) is 12.7. The first-order valence-corrected chi connectivity index (χ1v) is 14.5. The van der Waals surface area contributed by atoms with Gasteiger partial charge in [-0.05, 0) is 74.8 Å². The lowest BCUT2D eigenvalue weighted by atomic mass is 10.2. The first kappa shape index (κ1) is 30.1. The highest BCUT2D eigenvalue weighted by molar-refractivity contribution is 7.89. The van der Waals surface area contributed by atoms with E-state index >= 15 is 0 Å². The third-order valence-corrected chi connectivity index (χ3v) is 8.37. The highest BCUT2D eigenvalue weighted by atomic mass is 35.5. The van der Waals surface area contributed by atoms with Crippen molar-refractivity contribution in [3.05, 3.63) is 84.0 Å². The summed E-state index contributed by atoms with van der Waals surface area (Å²) < 4.78 is 40.4. The number of ether oxygens (including phenoxy) is 2. The number of imidazole rings is 1. The molecule has 0 unspecified atom stereocenters. The lowest BCUT2D eigenvalue weighted by Crippen LogP contribution is -2.41. The molecule has 0 saturated heterocycles. The molecule has 0 bridgehead atoms. The summed E-state index contributed by atoms with van der Waals surface area (Å²) in [6, 6.07) is 20.5. The number of carbonyl (C=O) groups is 1. The predicted molar refractivity (Wildman–Crippen MR) is 159 cm³/mol. The van der Waals surface area contributed by atoms with E-state index in [0.717, 1.165) is 15.6 Å². The average Bonchev–Trinajstić information content (AvgIpc) is 3.38. The predicted octanol–water partition coefficient (Wildman–Crippen LogP) is 4.40. The Morgan fingerprint density at radius 2 is 1.49 bits per heavy atom. The summed E-state index contributed by atoms with van der Waals surface area (Å²) in [7, 11) is 2.77. The molecular formula is C29H32ClN5O5S. The maximum atomic E-state index is 13.5. The van der Waals surface area contributed by atoms with Gasteiger partial charge in [-0.1, -0.05) is 23.7 Å². The number of amides is 1. The zero-order valence-electron chi connectivity index (χ0n) is 23.2. The van der Waals surface area contributed by atoms with Gasteiger partial charge in [0, 0.05) is 35.6 Å². The van der Waals surface area contributed by atoms with Crippen LogP contribution in [0.15, 0.2) is 83.9 Å². The van der Waals surface area contributed by atoms with Crippen molar-refractivity contribution in [1.82, 2.24) is 18.8 Å². The van der Waals surface area contributed by atoms with E-state index in [2.05, 4.69) is 10.3 Å². The monoisotopic (exact) mass is 597 g/mol. The van der Waals surface area contributed by atoms with Gasteiger partial charge in [-0.3, -0.25) is 14.7 Å². The van der Waals surface area contributed by atoms with Gasteiger partial charge in [0.05, 0.1) is 31.4 Å². The molecule has 4 rings (SSSR count). The van der Waals surface area contributed by atoms with Crippen LogP contribution in [-0.4, -0.2) is 81.0 Å². The molecule has 0 fully saturated rings. The Hall–Kier alpha value is -3.90. The van der Waals surface area contributed by atoms with Crippen molar-refractivity contribution in [2.24, 2.45) is 0 Å². The number of halogens is 1. The van der Waals surface area contributed by atoms with Crippen molar-refractivity contribution in [2.45, 2.75) is 4.90 Å². The van der Waals surface area contributed by atoms with E-state index in [1.807, 2.05) is 43.3 Å². The highest BCUT2D eigenvalue weighted by Crippen LogP contribution is 2.27. The lowest BCUT2D eigenvalue weighted by molar-refractivity contribution is -0.116. The molecule has 0 aliphatic heterocycles. The van der Waals surface area contributed by atoms with Crippen molar-refractivity contribution in [1.29, 1.82) is 0 Å². The lowest BCUT2D eigenvalue weighted by Gasteiger charge is -2.23. The zero-order valence-corrected chi connectivity index (χ0v) is 24.8. The summed E-state index contributed by atoms with van der Waals surface area (Å²) in [6.07, 6.45) is 1.79. The summed E-state index contributed by atoms with van der Waals surface area (Å²) >= 11 is 6.06. The summed E-state index contributed by atoms with van der Waals surface area (Å²) in [5.41, 5.74) is 2.12. The highest BCUT2D eigenvalue weighted by Gasteiger charge is 2.27. The summed E-state index contributed by atoms with van der Waals surface area (Å²) in [5, 5.41) is 3.41. The molecule has 10 nitrogen and oxygen atoms in total. The molecule has 0 saturated carbocycles. The second kappa shape index (κ2) is 13.2. The maximum Gasteiger partial charge on any atom is 0.243 e. The molecule has 4 aromatic rings. The minimum Gasteiger partial charge on any atom is -0.497 e. The van der Waals surface area contributed by atoms with Crippen molar-refractivity contribution >= 4 is 33.5 Å². The second-order valence-corrected chi connectivity index (χ2v) is 11.8. The fourth-order valence-corrected chi connectivity index (χ4v) is 5.50. The third-order valence-electron chi connectivity index (χ3n) is 6.26. The molecule has 0 radical (unpaired) electrons. The van der Waals surface area contributed by atoms with Crippen LogP contribution in [0.1, 0.15) is 0 Å². The molecule has 1 N–H and O–H groups in total. The van der Waals surface area contributed by atoms with E-state index < -0.39 is 22.5 Å². The number of carbonyl (C=O) groups excluding carboxylic acids is 1. The number of sulfonamides is 1. The Balaban J connectivity index is 1.64. The van der Waals surface area contributed by atoms with E-state index in [1.54, 1.807) is 54.3 Å². The number of likely N-dealkylation sites (N-methyl/N-ethyl adjacent to an activating group) is 1. The number of rotatable bonds is 12. The number of hydrogen-bond donors (Lipinski definition) is 1. The molecular weight excluding hydrogens is 566 g/mol. The number of anilines is 1. The van der Waals surface area contributed by atoms with Crippen molar-refractivity contribution in [2.75, 3.05) is 53.3 Å². The number of methoxy groups -OCH3 is 2.